The van der Waals surface area contributed by atoms with Gasteiger partial charge < -0.3 is 5.11 Å². The Labute approximate surface area is 116 Å². The van der Waals surface area contributed by atoms with Crippen LogP contribution in [0.3, 0.4) is 0 Å². The van der Waals surface area contributed by atoms with E-state index in [-0.39, 0.29) is 12.6 Å². The zero-order valence-corrected chi connectivity index (χ0v) is 11.1. The van der Waals surface area contributed by atoms with Crippen molar-refractivity contribution in [2.45, 2.75) is 44.3 Å². The number of halogens is 2. The molecule has 1 aliphatic heterocycles. The van der Waals surface area contributed by atoms with Gasteiger partial charge in [0.2, 0.25) is 0 Å². The minimum Gasteiger partial charge on any atom is -0.480 e. The lowest BCUT2D eigenvalue weighted by molar-refractivity contribution is -0.143. The average Bonchev–Trinajstić information content (AvgIpc) is 3.14. The molecule has 1 aromatic carbocycles. The molecule has 2 aliphatic rings. The Hall–Kier alpha value is -1.49. The normalized spacial score (nSPS) is 26.9. The van der Waals surface area contributed by atoms with E-state index in [4.69, 9.17) is 0 Å². The molecular formula is C15H17F2NO2. The van der Waals surface area contributed by atoms with Crippen LogP contribution in [0.5, 0.6) is 0 Å². The van der Waals surface area contributed by atoms with Gasteiger partial charge in [0.25, 0.3) is 0 Å². The molecule has 108 valence electrons. The highest BCUT2D eigenvalue weighted by Crippen LogP contribution is 2.42. The Morgan fingerprint density at radius 2 is 2.00 bits per heavy atom. The molecule has 5 heteroatoms. The maximum Gasteiger partial charge on any atom is 0.320 e. The van der Waals surface area contributed by atoms with Crippen LogP contribution in [0.15, 0.2) is 18.2 Å². The van der Waals surface area contributed by atoms with E-state index in [9.17, 15) is 18.7 Å². The van der Waals surface area contributed by atoms with Crippen molar-refractivity contribution in [3.63, 3.8) is 0 Å². The molecule has 1 heterocycles. The van der Waals surface area contributed by atoms with E-state index in [1.807, 2.05) is 4.90 Å². The topological polar surface area (TPSA) is 40.5 Å². The summed E-state index contributed by atoms with van der Waals surface area (Å²) in [6.07, 6.45) is 3.71. The first-order valence-electron chi connectivity index (χ1n) is 6.98. The molecule has 0 radical (unpaired) electrons. The molecule has 0 aromatic heterocycles. The van der Waals surface area contributed by atoms with Gasteiger partial charge in [-0.15, -0.1) is 0 Å². The molecule has 1 saturated carbocycles. The van der Waals surface area contributed by atoms with Crippen molar-refractivity contribution < 1.29 is 18.7 Å². The summed E-state index contributed by atoms with van der Waals surface area (Å²) in [5, 5.41) is 9.30. The van der Waals surface area contributed by atoms with Gasteiger partial charge in [0.1, 0.15) is 17.7 Å². The fourth-order valence-corrected chi connectivity index (χ4v) is 3.22. The molecule has 0 amide bonds. The molecule has 3 nitrogen and oxygen atoms in total. The molecule has 2 atom stereocenters. The largest absolute Gasteiger partial charge is 0.480 e. The third-order valence-electron chi connectivity index (χ3n) is 4.38. The second kappa shape index (κ2) is 5.13. The number of carboxylic acid groups (broad SMARTS) is 1. The van der Waals surface area contributed by atoms with Gasteiger partial charge in [0.05, 0.1) is 0 Å². The quantitative estimate of drug-likeness (QED) is 0.922. The number of rotatable bonds is 4. The summed E-state index contributed by atoms with van der Waals surface area (Å²) in [5.41, 5.74) is 0.366. The standard InChI is InChI=1S/C15H17F2NO2/c16-11-4-3-10(12(17)7-11)8-18-13(9-1-2-9)5-6-14(18)15(19)20/h3-4,7,9,13-14H,1-2,5-6,8H2,(H,19,20)/t13-,14-/m0/s1. The molecule has 20 heavy (non-hydrogen) atoms. The molecule has 1 aliphatic carbocycles. The second-order valence-corrected chi connectivity index (χ2v) is 5.74. The van der Waals surface area contributed by atoms with Crippen LogP contribution < -0.4 is 0 Å². The molecule has 0 unspecified atom stereocenters. The first-order valence-corrected chi connectivity index (χ1v) is 6.98. The summed E-state index contributed by atoms with van der Waals surface area (Å²) in [4.78, 5) is 13.2. The first-order chi connectivity index (χ1) is 9.56. The number of likely N-dealkylation sites (tertiary alicyclic amines) is 1. The SMILES string of the molecule is O=C(O)[C@@H]1CC[C@@H](C2CC2)N1Cc1ccc(F)cc1F. The number of aliphatic carboxylic acids is 1. The lowest BCUT2D eigenvalue weighted by Gasteiger charge is -2.28. The zero-order valence-electron chi connectivity index (χ0n) is 11.1. The van der Waals surface area contributed by atoms with Crippen molar-refractivity contribution in [2.24, 2.45) is 5.92 Å². The highest BCUT2D eigenvalue weighted by molar-refractivity contribution is 5.74. The maximum absolute atomic E-state index is 13.8. The number of carbonyl (C=O) groups is 1. The molecule has 3 rings (SSSR count). The Kier molecular flexibility index (Phi) is 3.46. The smallest absolute Gasteiger partial charge is 0.320 e. The van der Waals surface area contributed by atoms with Gasteiger partial charge in [-0.2, -0.15) is 0 Å². The Morgan fingerprint density at radius 3 is 2.60 bits per heavy atom. The molecular weight excluding hydrogens is 264 g/mol. The van der Waals surface area contributed by atoms with E-state index >= 15 is 0 Å². The van der Waals surface area contributed by atoms with Gasteiger partial charge in [-0.3, -0.25) is 9.69 Å². The lowest BCUT2D eigenvalue weighted by atomic mass is 10.1. The predicted molar refractivity (Wildman–Crippen MR) is 69.1 cm³/mol. The second-order valence-electron chi connectivity index (χ2n) is 5.74. The highest BCUT2D eigenvalue weighted by Gasteiger charge is 2.44. The van der Waals surface area contributed by atoms with Gasteiger partial charge in [-0.1, -0.05) is 6.07 Å². The fraction of sp³-hybridized carbons (Fsp3) is 0.533. The molecule has 0 bridgehead atoms. The summed E-state index contributed by atoms with van der Waals surface area (Å²) in [6.45, 7) is 0.240. The number of nitrogens with zero attached hydrogens (tertiary/aromatic N) is 1. The van der Waals surface area contributed by atoms with Crippen molar-refractivity contribution in [1.82, 2.24) is 4.90 Å². The van der Waals surface area contributed by atoms with Gasteiger partial charge in [0, 0.05) is 24.2 Å². The first kappa shape index (κ1) is 13.5. The molecule has 1 aromatic rings. The van der Waals surface area contributed by atoms with Crippen molar-refractivity contribution in [3.05, 3.63) is 35.4 Å². The highest BCUT2D eigenvalue weighted by atomic mass is 19.1. The van der Waals surface area contributed by atoms with Crippen LogP contribution in [-0.4, -0.2) is 28.1 Å². The van der Waals surface area contributed by atoms with Crippen molar-refractivity contribution in [1.29, 1.82) is 0 Å². The summed E-state index contributed by atoms with van der Waals surface area (Å²) in [6, 6.07) is 3.15. The van der Waals surface area contributed by atoms with Crippen molar-refractivity contribution >= 4 is 5.97 Å². The lowest BCUT2D eigenvalue weighted by Crippen LogP contribution is -2.41. The number of carboxylic acids is 1. The van der Waals surface area contributed by atoms with E-state index in [2.05, 4.69) is 0 Å². The number of benzene rings is 1. The summed E-state index contributed by atoms with van der Waals surface area (Å²) < 4.78 is 26.7. The molecule has 1 saturated heterocycles. The van der Waals surface area contributed by atoms with E-state index in [1.165, 1.54) is 12.1 Å². The average molecular weight is 281 g/mol. The van der Waals surface area contributed by atoms with E-state index in [0.717, 1.165) is 25.3 Å². The Bertz CT molecular complexity index is 531. The van der Waals surface area contributed by atoms with Crippen LogP contribution in [-0.2, 0) is 11.3 Å². The van der Waals surface area contributed by atoms with Crippen LogP contribution in [0.2, 0.25) is 0 Å². The van der Waals surface area contributed by atoms with Gasteiger partial charge >= 0.3 is 5.97 Å². The predicted octanol–water partition coefficient (Wildman–Crippen LogP) is 2.79. The van der Waals surface area contributed by atoms with Crippen molar-refractivity contribution in [3.8, 4) is 0 Å². The maximum atomic E-state index is 13.8. The molecule has 1 N–H and O–H groups in total. The Morgan fingerprint density at radius 1 is 1.25 bits per heavy atom. The number of hydrogen-bond donors (Lipinski definition) is 1. The van der Waals surface area contributed by atoms with Crippen LogP contribution in [0, 0.1) is 17.6 Å². The fourth-order valence-electron chi connectivity index (χ4n) is 3.22. The zero-order chi connectivity index (χ0) is 14.3. The third kappa shape index (κ3) is 2.54. The van der Waals surface area contributed by atoms with Gasteiger partial charge in [-0.25, -0.2) is 8.78 Å². The third-order valence-corrected chi connectivity index (χ3v) is 4.38. The van der Waals surface area contributed by atoms with Gasteiger partial charge in [0.15, 0.2) is 0 Å². The Balaban J connectivity index is 1.82. The van der Waals surface area contributed by atoms with Crippen LogP contribution in [0.1, 0.15) is 31.2 Å². The minimum absolute atomic E-state index is 0.223. The minimum atomic E-state index is -0.851. The summed E-state index contributed by atoms with van der Waals surface area (Å²) in [7, 11) is 0. The van der Waals surface area contributed by atoms with Crippen LogP contribution in [0.25, 0.3) is 0 Å². The van der Waals surface area contributed by atoms with E-state index < -0.39 is 23.6 Å². The van der Waals surface area contributed by atoms with Crippen LogP contribution in [0.4, 0.5) is 8.78 Å². The molecule has 2 fully saturated rings. The number of hydrogen-bond acceptors (Lipinski definition) is 2. The van der Waals surface area contributed by atoms with Gasteiger partial charge in [-0.05, 0) is 37.7 Å². The van der Waals surface area contributed by atoms with Crippen molar-refractivity contribution in [2.75, 3.05) is 0 Å². The van der Waals surface area contributed by atoms with E-state index in [1.54, 1.807) is 0 Å². The monoisotopic (exact) mass is 281 g/mol. The molecule has 0 spiro atoms. The van der Waals surface area contributed by atoms with E-state index in [0.29, 0.717) is 17.9 Å². The summed E-state index contributed by atoms with van der Waals surface area (Å²) >= 11 is 0. The van der Waals surface area contributed by atoms with Crippen LogP contribution >= 0.6 is 0 Å². The summed E-state index contributed by atoms with van der Waals surface area (Å²) in [5.74, 6) is -1.52.